The molecule has 100 valence electrons. The van der Waals surface area contributed by atoms with E-state index in [0.717, 1.165) is 19.4 Å². The second-order valence-electron chi connectivity index (χ2n) is 4.57. The van der Waals surface area contributed by atoms with Crippen molar-refractivity contribution in [2.45, 2.75) is 18.9 Å². The molecular formula is C11H13ClN6O. The molecule has 0 radical (unpaired) electrons. The van der Waals surface area contributed by atoms with Crippen LogP contribution < -0.4 is 5.32 Å². The molecule has 1 aliphatic carbocycles. The van der Waals surface area contributed by atoms with Crippen molar-refractivity contribution in [3.63, 3.8) is 0 Å². The van der Waals surface area contributed by atoms with E-state index in [0.29, 0.717) is 17.8 Å². The lowest BCUT2D eigenvalue weighted by Crippen LogP contribution is -2.33. The van der Waals surface area contributed by atoms with Gasteiger partial charge in [0.2, 0.25) is 17.2 Å². The van der Waals surface area contributed by atoms with Gasteiger partial charge in [-0.25, -0.2) is 4.98 Å². The summed E-state index contributed by atoms with van der Waals surface area (Å²) in [4.78, 5) is 16.3. The maximum Gasteiger partial charge on any atom is 0.241 e. The highest BCUT2D eigenvalue weighted by Crippen LogP contribution is 2.27. The van der Waals surface area contributed by atoms with Crippen molar-refractivity contribution in [1.29, 1.82) is 0 Å². The van der Waals surface area contributed by atoms with Gasteiger partial charge in [0.1, 0.15) is 6.33 Å². The minimum atomic E-state index is -0.157. The topological polar surface area (TPSA) is 88.8 Å². The van der Waals surface area contributed by atoms with Gasteiger partial charge in [-0.1, -0.05) is 0 Å². The highest BCUT2D eigenvalue weighted by molar-refractivity contribution is 6.28. The molecule has 0 amide bonds. The van der Waals surface area contributed by atoms with Crippen LogP contribution in [0.4, 0.5) is 5.95 Å². The number of rotatable bonds is 4. The maximum absolute atomic E-state index is 9.23. The van der Waals surface area contributed by atoms with Crippen molar-refractivity contribution in [3.05, 3.63) is 24.0 Å². The number of imidazole rings is 1. The van der Waals surface area contributed by atoms with E-state index in [9.17, 15) is 5.11 Å². The molecule has 2 aromatic heterocycles. The van der Waals surface area contributed by atoms with Gasteiger partial charge in [-0.3, -0.25) is 4.57 Å². The Bertz CT molecular complexity index is 554. The molecule has 3 rings (SSSR count). The van der Waals surface area contributed by atoms with Gasteiger partial charge in [0.15, 0.2) is 0 Å². The predicted octanol–water partition coefficient (Wildman–Crippen LogP) is 0.893. The standard InChI is InChI=1S/C11H13ClN6O/c12-9-15-10(14-5-7-3-8(19)4-7)17-11(16-9)18-2-1-13-6-18/h1-2,6-8,19H,3-5H2,(H,14,15,16,17). The van der Waals surface area contributed by atoms with Gasteiger partial charge in [0.05, 0.1) is 6.10 Å². The lowest BCUT2D eigenvalue weighted by atomic mass is 9.82. The van der Waals surface area contributed by atoms with Crippen molar-refractivity contribution >= 4 is 17.5 Å². The van der Waals surface area contributed by atoms with Crippen LogP contribution in [0.15, 0.2) is 18.7 Å². The third-order valence-electron chi connectivity index (χ3n) is 3.09. The van der Waals surface area contributed by atoms with Gasteiger partial charge in [0, 0.05) is 18.9 Å². The number of nitrogens with one attached hydrogen (secondary N) is 1. The second kappa shape index (κ2) is 5.10. The molecule has 7 nitrogen and oxygen atoms in total. The predicted molar refractivity (Wildman–Crippen MR) is 69.2 cm³/mol. The molecule has 8 heteroatoms. The molecule has 0 atom stereocenters. The van der Waals surface area contributed by atoms with Gasteiger partial charge in [-0.05, 0) is 30.4 Å². The summed E-state index contributed by atoms with van der Waals surface area (Å²) >= 11 is 5.88. The zero-order valence-electron chi connectivity index (χ0n) is 10.1. The van der Waals surface area contributed by atoms with Crippen molar-refractivity contribution < 1.29 is 5.11 Å². The summed E-state index contributed by atoms with van der Waals surface area (Å²) in [6.07, 6.45) is 6.45. The number of aromatic nitrogens is 5. The van der Waals surface area contributed by atoms with E-state index in [1.54, 1.807) is 23.3 Å². The average Bonchev–Trinajstić information content (AvgIpc) is 2.86. The molecule has 0 saturated heterocycles. The molecular weight excluding hydrogens is 268 g/mol. The smallest absolute Gasteiger partial charge is 0.241 e. The van der Waals surface area contributed by atoms with E-state index in [4.69, 9.17) is 11.6 Å². The average molecular weight is 281 g/mol. The van der Waals surface area contributed by atoms with E-state index >= 15 is 0 Å². The van der Waals surface area contributed by atoms with Crippen molar-refractivity contribution in [2.75, 3.05) is 11.9 Å². The van der Waals surface area contributed by atoms with Gasteiger partial charge in [-0.15, -0.1) is 0 Å². The van der Waals surface area contributed by atoms with Crippen LogP contribution in [-0.2, 0) is 0 Å². The quantitative estimate of drug-likeness (QED) is 0.865. The fourth-order valence-corrected chi connectivity index (χ4v) is 2.17. The lowest BCUT2D eigenvalue weighted by Gasteiger charge is -2.31. The second-order valence-corrected chi connectivity index (χ2v) is 4.91. The first kappa shape index (κ1) is 12.3. The Morgan fingerprint density at radius 1 is 1.37 bits per heavy atom. The number of aliphatic hydroxyl groups excluding tert-OH is 1. The summed E-state index contributed by atoms with van der Waals surface area (Å²) in [5.41, 5.74) is 0. The zero-order valence-corrected chi connectivity index (χ0v) is 10.8. The molecule has 1 aliphatic rings. The Labute approximate surface area is 114 Å². The molecule has 0 unspecified atom stereocenters. The number of aliphatic hydroxyl groups is 1. The van der Waals surface area contributed by atoms with E-state index in [1.165, 1.54) is 0 Å². The SMILES string of the molecule is OC1CC(CNc2nc(Cl)nc(-n3ccnc3)n2)C1. The van der Waals surface area contributed by atoms with Crippen LogP contribution in [0, 0.1) is 5.92 Å². The molecule has 0 aromatic carbocycles. The third kappa shape index (κ3) is 2.82. The summed E-state index contributed by atoms with van der Waals surface area (Å²) < 4.78 is 1.66. The van der Waals surface area contributed by atoms with Gasteiger partial charge >= 0.3 is 0 Å². The molecule has 2 aromatic rings. The molecule has 1 saturated carbocycles. The Morgan fingerprint density at radius 2 is 2.21 bits per heavy atom. The van der Waals surface area contributed by atoms with Crippen LogP contribution in [-0.4, -0.2) is 42.3 Å². The highest BCUT2D eigenvalue weighted by Gasteiger charge is 2.26. The van der Waals surface area contributed by atoms with Crippen LogP contribution in [0.5, 0.6) is 0 Å². The van der Waals surface area contributed by atoms with Crippen LogP contribution in [0.1, 0.15) is 12.8 Å². The van der Waals surface area contributed by atoms with Crippen LogP contribution in [0.25, 0.3) is 5.95 Å². The fourth-order valence-electron chi connectivity index (χ4n) is 2.01. The minimum Gasteiger partial charge on any atom is -0.393 e. The Kier molecular flexibility index (Phi) is 3.31. The molecule has 19 heavy (non-hydrogen) atoms. The Morgan fingerprint density at radius 3 is 2.89 bits per heavy atom. The maximum atomic E-state index is 9.23. The first-order valence-electron chi connectivity index (χ1n) is 6.02. The summed E-state index contributed by atoms with van der Waals surface area (Å²) in [6, 6.07) is 0. The van der Waals surface area contributed by atoms with Crippen LogP contribution >= 0.6 is 11.6 Å². The van der Waals surface area contributed by atoms with Gasteiger partial charge in [-0.2, -0.15) is 15.0 Å². The van der Waals surface area contributed by atoms with Crippen molar-refractivity contribution in [3.8, 4) is 5.95 Å². The normalized spacial score (nSPS) is 22.0. The number of hydrogen-bond acceptors (Lipinski definition) is 6. The molecule has 2 N–H and O–H groups in total. The van der Waals surface area contributed by atoms with Gasteiger partial charge < -0.3 is 10.4 Å². The van der Waals surface area contributed by atoms with E-state index in [1.807, 2.05) is 0 Å². The fraction of sp³-hybridized carbons (Fsp3) is 0.455. The summed E-state index contributed by atoms with van der Waals surface area (Å²) in [5, 5.41) is 12.5. The Balaban J connectivity index is 1.71. The molecule has 1 fully saturated rings. The van der Waals surface area contributed by atoms with E-state index in [2.05, 4.69) is 25.3 Å². The Hall–Kier alpha value is -1.73. The molecule has 2 heterocycles. The summed E-state index contributed by atoms with van der Waals surface area (Å²) in [6.45, 7) is 0.723. The third-order valence-corrected chi connectivity index (χ3v) is 3.26. The number of hydrogen-bond donors (Lipinski definition) is 2. The minimum absolute atomic E-state index is 0.134. The molecule has 0 spiro atoms. The van der Waals surface area contributed by atoms with E-state index < -0.39 is 0 Å². The highest BCUT2D eigenvalue weighted by atomic mass is 35.5. The first-order chi connectivity index (χ1) is 9.20. The van der Waals surface area contributed by atoms with Crippen LogP contribution in [0.2, 0.25) is 5.28 Å². The summed E-state index contributed by atoms with van der Waals surface area (Å²) in [5.74, 6) is 1.32. The number of nitrogens with zero attached hydrogens (tertiary/aromatic N) is 5. The zero-order chi connectivity index (χ0) is 13.2. The number of anilines is 1. The van der Waals surface area contributed by atoms with Gasteiger partial charge in [0.25, 0.3) is 0 Å². The summed E-state index contributed by atoms with van der Waals surface area (Å²) in [7, 11) is 0. The van der Waals surface area contributed by atoms with Crippen LogP contribution in [0.3, 0.4) is 0 Å². The largest absolute Gasteiger partial charge is 0.393 e. The first-order valence-corrected chi connectivity index (χ1v) is 6.40. The molecule has 0 bridgehead atoms. The van der Waals surface area contributed by atoms with E-state index in [-0.39, 0.29) is 11.4 Å². The molecule has 0 aliphatic heterocycles. The monoisotopic (exact) mass is 280 g/mol. The number of halogens is 1. The van der Waals surface area contributed by atoms with Crippen molar-refractivity contribution in [2.24, 2.45) is 5.92 Å². The van der Waals surface area contributed by atoms with Crippen molar-refractivity contribution in [1.82, 2.24) is 24.5 Å². The lowest BCUT2D eigenvalue weighted by molar-refractivity contribution is 0.0486.